The molecule has 0 bridgehead atoms. The second kappa shape index (κ2) is 9.45. The van der Waals surface area contributed by atoms with Gasteiger partial charge in [-0.2, -0.15) is 0 Å². The summed E-state index contributed by atoms with van der Waals surface area (Å²) in [6.07, 6.45) is 1.40. The van der Waals surface area contributed by atoms with Crippen molar-refractivity contribution in [3.63, 3.8) is 0 Å². The van der Waals surface area contributed by atoms with Gasteiger partial charge in [-0.1, -0.05) is 23.7 Å². The van der Waals surface area contributed by atoms with Gasteiger partial charge in [0.05, 0.1) is 27.6 Å². The van der Waals surface area contributed by atoms with Crippen LogP contribution in [0.4, 0.5) is 11.6 Å². The summed E-state index contributed by atoms with van der Waals surface area (Å²) in [5, 5.41) is 5.57. The number of aryl methyl sites for hydroxylation is 1. The van der Waals surface area contributed by atoms with Crippen LogP contribution in [0.25, 0.3) is 0 Å². The van der Waals surface area contributed by atoms with Gasteiger partial charge >= 0.3 is 0 Å². The van der Waals surface area contributed by atoms with Crippen molar-refractivity contribution in [2.75, 3.05) is 15.8 Å². The molecular weight excluding hydrogens is 494 g/mol. The van der Waals surface area contributed by atoms with E-state index in [1.165, 1.54) is 24.3 Å². The van der Waals surface area contributed by atoms with Crippen molar-refractivity contribution in [1.82, 2.24) is 15.1 Å². The first-order chi connectivity index (χ1) is 15.4. The highest BCUT2D eigenvalue weighted by Crippen LogP contribution is 2.23. The molecule has 0 aliphatic heterocycles. The van der Waals surface area contributed by atoms with Crippen LogP contribution in [0.2, 0.25) is 5.02 Å². The maximum absolute atomic E-state index is 12.6. The second-order valence-corrected chi connectivity index (χ2v) is 11.1. The summed E-state index contributed by atoms with van der Waals surface area (Å²) in [4.78, 5) is 20.0. The van der Waals surface area contributed by atoms with E-state index >= 15 is 0 Å². The summed E-state index contributed by atoms with van der Waals surface area (Å²) in [6, 6.07) is 5.26. The van der Waals surface area contributed by atoms with Gasteiger partial charge in [0.2, 0.25) is 20.9 Å². The van der Waals surface area contributed by atoms with Gasteiger partial charge < -0.3 is 9.84 Å². The number of sulfone groups is 1. The van der Waals surface area contributed by atoms with Gasteiger partial charge in [0.25, 0.3) is 15.9 Å². The number of halogens is 1. The maximum atomic E-state index is 12.6. The number of nitrogens with zero attached hydrogens (tertiary/aromatic N) is 3. The van der Waals surface area contributed by atoms with Gasteiger partial charge in [0.15, 0.2) is 5.69 Å². The van der Waals surface area contributed by atoms with E-state index < -0.39 is 30.9 Å². The zero-order valence-corrected chi connectivity index (χ0v) is 20.2. The van der Waals surface area contributed by atoms with Gasteiger partial charge in [-0.3, -0.25) is 4.79 Å². The third-order valence-electron chi connectivity index (χ3n) is 4.49. The van der Waals surface area contributed by atoms with E-state index in [0.29, 0.717) is 17.7 Å². The summed E-state index contributed by atoms with van der Waals surface area (Å²) in [7, 11) is -7.71. The van der Waals surface area contributed by atoms with Crippen LogP contribution < -0.4 is 10.0 Å². The number of hydrogen-bond acceptors (Lipinski definition) is 9. The van der Waals surface area contributed by atoms with Crippen LogP contribution >= 0.6 is 11.6 Å². The number of rotatable bonds is 8. The van der Waals surface area contributed by atoms with Crippen LogP contribution in [0.3, 0.4) is 0 Å². The molecule has 14 heteroatoms. The first-order valence-electron chi connectivity index (χ1n) is 9.57. The van der Waals surface area contributed by atoms with Crippen molar-refractivity contribution in [2.24, 2.45) is 0 Å². The Morgan fingerprint density at radius 1 is 1.12 bits per heavy atom. The predicted octanol–water partition coefficient (Wildman–Crippen LogP) is 2.97. The number of anilines is 2. The molecule has 3 aromatic rings. The Morgan fingerprint density at radius 2 is 1.79 bits per heavy atom. The molecule has 0 atom stereocenters. The second-order valence-electron chi connectivity index (χ2n) is 6.97. The minimum absolute atomic E-state index is 0.0112. The van der Waals surface area contributed by atoms with Crippen molar-refractivity contribution < 1.29 is 26.2 Å². The van der Waals surface area contributed by atoms with Crippen molar-refractivity contribution in [3.05, 3.63) is 52.4 Å². The number of nitrogens with one attached hydrogen (secondary N) is 2. The summed E-state index contributed by atoms with van der Waals surface area (Å²) < 4.78 is 56.8. The average molecular weight is 514 g/mol. The van der Waals surface area contributed by atoms with Crippen LogP contribution in [-0.2, 0) is 19.9 Å². The molecule has 2 aromatic heterocycles. The lowest BCUT2D eigenvalue weighted by atomic mass is 10.3. The molecule has 2 heterocycles. The van der Waals surface area contributed by atoms with E-state index in [-0.39, 0.29) is 32.9 Å². The number of amides is 1. The van der Waals surface area contributed by atoms with Gasteiger partial charge in [-0.15, -0.1) is 0 Å². The van der Waals surface area contributed by atoms with Crippen LogP contribution in [0.1, 0.15) is 35.1 Å². The number of sulfonamides is 1. The normalized spacial score (nSPS) is 11.9. The van der Waals surface area contributed by atoms with Crippen LogP contribution in [0.15, 0.2) is 45.0 Å². The Labute approximate surface area is 195 Å². The number of carbonyl (C=O) groups excluding carboxylic acids is 1. The largest absolute Gasteiger partial charge is 0.337 e. The molecule has 2 N–H and O–H groups in total. The Kier molecular flexibility index (Phi) is 7.05. The Hall–Kier alpha value is -3.03. The van der Waals surface area contributed by atoms with Crippen molar-refractivity contribution >= 4 is 48.9 Å². The molecule has 0 fully saturated rings. The van der Waals surface area contributed by atoms with E-state index in [0.717, 1.165) is 6.20 Å². The lowest BCUT2D eigenvalue weighted by molar-refractivity contribution is 0.102. The van der Waals surface area contributed by atoms with Gasteiger partial charge in [-0.25, -0.2) is 31.5 Å². The lowest BCUT2D eigenvalue weighted by Gasteiger charge is -2.09. The number of carbonyl (C=O) groups is 1. The Morgan fingerprint density at radius 3 is 2.36 bits per heavy atom. The molecule has 11 nitrogen and oxygen atoms in total. The molecule has 0 saturated heterocycles. The summed E-state index contributed by atoms with van der Waals surface area (Å²) in [6.45, 7) is 5.04. The fraction of sp³-hybridized carbons (Fsp3) is 0.263. The lowest BCUT2D eigenvalue weighted by Crippen LogP contribution is -2.18. The molecule has 0 unspecified atom stereocenters. The Balaban J connectivity index is 1.79. The first-order valence-corrected chi connectivity index (χ1v) is 13.1. The molecule has 33 heavy (non-hydrogen) atoms. The summed E-state index contributed by atoms with van der Waals surface area (Å²) in [5.74, 6) is -0.943. The fourth-order valence-electron chi connectivity index (χ4n) is 2.62. The highest BCUT2D eigenvalue weighted by atomic mass is 35.5. The topological polar surface area (TPSA) is 161 Å². The third kappa shape index (κ3) is 5.49. The number of benzene rings is 1. The number of aromatic nitrogens is 3. The van der Waals surface area contributed by atoms with Gasteiger partial charge in [0, 0.05) is 11.3 Å². The summed E-state index contributed by atoms with van der Waals surface area (Å²) >= 11 is 5.98. The average Bonchev–Trinajstić information content (AvgIpc) is 3.06. The highest BCUT2D eigenvalue weighted by molar-refractivity contribution is 7.92. The minimum atomic E-state index is -3.96. The highest BCUT2D eigenvalue weighted by Gasteiger charge is 2.23. The van der Waals surface area contributed by atoms with Gasteiger partial charge in [0.1, 0.15) is 0 Å². The minimum Gasteiger partial charge on any atom is -0.337 e. The molecule has 1 amide bonds. The summed E-state index contributed by atoms with van der Waals surface area (Å²) in [5.41, 5.74) is 1.03. The molecule has 0 radical (unpaired) electrons. The van der Waals surface area contributed by atoms with E-state index in [1.807, 2.05) is 0 Å². The van der Waals surface area contributed by atoms with Gasteiger partial charge in [-0.05, 0) is 44.5 Å². The molecule has 3 rings (SSSR count). The van der Waals surface area contributed by atoms with Crippen molar-refractivity contribution in [2.45, 2.75) is 37.2 Å². The van der Waals surface area contributed by atoms with Crippen LogP contribution in [0, 0.1) is 13.8 Å². The van der Waals surface area contributed by atoms with E-state index in [1.54, 1.807) is 20.8 Å². The molecule has 0 saturated carbocycles. The zero-order chi connectivity index (χ0) is 24.4. The molecule has 0 aliphatic carbocycles. The van der Waals surface area contributed by atoms with E-state index in [2.05, 4.69) is 25.2 Å². The zero-order valence-electron chi connectivity index (χ0n) is 17.8. The molecule has 0 aliphatic rings. The van der Waals surface area contributed by atoms with Crippen molar-refractivity contribution in [3.8, 4) is 0 Å². The monoisotopic (exact) mass is 513 g/mol. The predicted molar refractivity (Wildman–Crippen MR) is 121 cm³/mol. The number of hydrogen-bond donors (Lipinski definition) is 2. The third-order valence-corrected chi connectivity index (χ3v) is 7.82. The molecular formula is C19H20ClN5O6S2. The Bertz CT molecular complexity index is 1400. The molecule has 176 valence electrons. The van der Waals surface area contributed by atoms with Crippen LogP contribution in [0.5, 0.6) is 0 Å². The smallest absolute Gasteiger partial charge is 0.275 e. The standard InChI is InChI=1S/C19H20ClN5O6S2/c1-4-9-32(27,28)19-21-10-15(20)16(23-19)17(26)22-13-5-7-14(8-6-13)33(29,30)25-18-11(2)12(3)24-31-18/h5-8,10,25H,4,9H2,1-3H3,(H,22,26). The first kappa shape index (κ1) is 24.6. The SMILES string of the molecule is CCCS(=O)(=O)c1ncc(Cl)c(C(=O)Nc2ccc(S(=O)(=O)Nc3onc(C)c3C)cc2)n1. The maximum Gasteiger partial charge on any atom is 0.275 e. The van der Waals surface area contributed by atoms with E-state index in [4.69, 9.17) is 16.1 Å². The molecule has 0 spiro atoms. The molecule has 1 aromatic carbocycles. The van der Waals surface area contributed by atoms with Crippen molar-refractivity contribution in [1.29, 1.82) is 0 Å². The van der Waals surface area contributed by atoms with E-state index in [9.17, 15) is 21.6 Å². The quantitative estimate of drug-likeness (QED) is 0.431. The fourth-order valence-corrected chi connectivity index (χ4v) is 5.01. The van der Waals surface area contributed by atoms with Crippen LogP contribution in [-0.4, -0.2) is 43.6 Å².